The molecule has 0 saturated carbocycles. The Labute approximate surface area is 154 Å². The van der Waals surface area contributed by atoms with Crippen molar-refractivity contribution in [1.82, 2.24) is 4.98 Å². The molecule has 2 nitrogen and oxygen atoms in total. The van der Waals surface area contributed by atoms with E-state index in [1.165, 1.54) is 52.7 Å². The zero-order valence-electron chi connectivity index (χ0n) is 14.8. The van der Waals surface area contributed by atoms with Crippen molar-refractivity contribution in [2.45, 2.75) is 38.0 Å². The lowest BCUT2D eigenvalue weighted by Gasteiger charge is -2.30. The van der Waals surface area contributed by atoms with Gasteiger partial charge in [-0.3, -0.25) is 0 Å². The van der Waals surface area contributed by atoms with Gasteiger partial charge in [-0.05, 0) is 66.7 Å². The number of aromatic amines is 1. The van der Waals surface area contributed by atoms with E-state index in [0.29, 0.717) is 5.37 Å². The predicted octanol–water partition coefficient (Wildman–Crippen LogP) is 5.85. The molecule has 1 aromatic heterocycles. The van der Waals surface area contributed by atoms with E-state index >= 15 is 0 Å². The number of hydrogen-bond donors (Lipinski definition) is 2. The molecule has 0 bridgehead atoms. The first-order chi connectivity index (χ1) is 12.3. The highest BCUT2D eigenvalue weighted by atomic mass is 32.2. The van der Waals surface area contributed by atoms with Crippen LogP contribution >= 0.6 is 11.8 Å². The molecule has 0 radical (unpaired) electrons. The second kappa shape index (κ2) is 7.57. The fourth-order valence-corrected chi connectivity index (χ4v) is 5.23. The van der Waals surface area contributed by atoms with E-state index in [0.717, 1.165) is 12.3 Å². The van der Waals surface area contributed by atoms with Crippen molar-refractivity contribution in [3.63, 3.8) is 0 Å². The number of fused-ring (bicyclic) bond motifs is 1. The summed E-state index contributed by atoms with van der Waals surface area (Å²) < 4.78 is 0. The Morgan fingerprint density at radius 3 is 2.88 bits per heavy atom. The van der Waals surface area contributed by atoms with Crippen molar-refractivity contribution in [3.05, 3.63) is 65.9 Å². The lowest BCUT2D eigenvalue weighted by molar-refractivity contribution is 0.461. The Morgan fingerprint density at radius 1 is 1.16 bits per heavy atom. The average Bonchev–Trinajstić information content (AvgIpc) is 3.05. The Bertz CT molecular complexity index is 824. The third-order valence-corrected chi connectivity index (χ3v) is 6.42. The van der Waals surface area contributed by atoms with Gasteiger partial charge in [0.2, 0.25) is 0 Å². The molecule has 0 amide bonds. The summed E-state index contributed by atoms with van der Waals surface area (Å²) in [5.74, 6) is 2.03. The van der Waals surface area contributed by atoms with E-state index < -0.39 is 0 Å². The van der Waals surface area contributed by atoms with Crippen LogP contribution in [0.3, 0.4) is 0 Å². The fourth-order valence-electron chi connectivity index (χ4n) is 3.85. The minimum absolute atomic E-state index is 0.518. The van der Waals surface area contributed by atoms with Crippen LogP contribution in [0.25, 0.3) is 10.9 Å². The van der Waals surface area contributed by atoms with Crippen LogP contribution in [0.5, 0.6) is 0 Å². The van der Waals surface area contributed by atoms with Gasteiger partial charge in [0, 0.05) is 22.8 Å². The highest BCUT2D eigenvalue weighted by Crippen LogP contribution is 2.33. The predicted molar refractivity (Wildman–Crippen MR) is 110 cm³/mol. The Hall–Kier alpha value is -1.87. The van der Waals surface area contributed by atoms with Gasteiger partial charge in [0.15, 0.2) is 0 Å². The number of hydrogen-bond acceptors (Lipinski definition) is 2. The molecule has 0 aliphatic carbocycles. The summed E-state index contributed by atoms with van der Waals surface area (Å²) in [6.07, 6.45) is 6.98. The van der Waals surface area contributed by atoms with Crippen LogP contribution in [0, 0.1) is 5.92 Å². The van der Waals surface area contributed by atoms with Crippen molar-refractivity contribution in [2.24, 2.45) is 5.92 Å². The van der Waals surface area contributed by atoms with Crippen molar-refractivity contribution in [3.8, 4) is 0 Å². The van der Waals surface area contributed by atoms with Crippen LogP contribution in [-0.2, 0) is 12.8 Å². The zero-order chi connectivity index (χ0) is 17.1. The number of aryl methyl sites for hydroxylation is 1. The lowest BCUT2D eigenvalue weighted by atomic mass is 9.93. The van der Waals surface area contributed by atoms with E-state index in [-0.39, 0.29) is 0 Å². The number of thioether (sulfide) groups is 1. The first kappa shape index (κ1) is 16.6. The molecule has 25 heavy (non-hydrogen) atoms. The summed E-state index contributed by atoms with van der Waals surface area (Å²) in [7, 11) is 0. The molecule has 130 valence electrons. The summed E-state index contributed by atoms with van der Waals surface area (Å²) in [5, 5.41) is 5.65. The van der Waals surface area contributed by atoms with Gasteiger partial charge in [0.05, 0.1) is 5.37 Å². The fraction of sp³-hybridized carbons (Fsp3) is 0.364. The largest absolute Gasteiger partial charge is 0.373 e. The summed E-state index contributed by atoms with van der Waals surface area (Å²) >= 11 is 2.07. The Kier molecular flexibility index (Phi) is 5.02. The zero-order valence-corrected chi connectivity index (χ0v) is 15.6. The van der Waals surface area contributed by atoms with Crippen molar-refractivity contribution in [2.75, 3.05) is 11.1 Å². The van der Waals surface area contributed by atoms with Gasteiger partial charge in [-0.2, -0.15) is 0 Å². The van der Waals surface area contributed by atoms with Crippen LogP contribution < -0.4 is 5.32 Å². The summed E-state index contributed by atoms with van der Waals surface area (Å²) in [6, 6.07) is 17.6. The van der Waals surface area contributed by atoms with Gasteiger partial charge in [-0.15, -0.1) is 11.8 Å². The highest BCUT2D eigenvalue weighted by Gasteiger charge is 2.22. The average molecular weight is 351 g/mol. The maximum Gasteiger partial charge on any atom is 0.0725 e. The molecule has 2 aromatic carbocycles. The lowest BCUT2D eigenvalue weighted by Crippen LogP contribution is -2.26. The maximum atomic E-state index is 3.78. The van der Waals surface area contributed by atoms with Crippen molar-refractivity contribution >= 4 is 28.4 Å². The van der Waals surface area contributed by atoms with E-state index in [1.54, 1.807) is 0 Å². The van der Waals surface area contributed by atoms with Gasteiger partial charge in [-0.25, -0.2) is 0 Å². The molecule has 3 aromatic rings. The van der Waals surface area contributed by atoms with E-state index in [1.807, 2.05) is 0 Å². The van der Waals surface area contributed by atoms with Gasteiger partial charge in [0.1, 0.15) is 0 Å². The molecule has 2 N–H and O–H groups in total. The molecule has 0 spiro atoms. The molecule has 2 heterocycles. The number of aromatic nitrogens is 1. The molecule has 1 aliphatic rings. The van der Waals surface area contributed by atoms with Crippen LogP contribution in [0.4, 0.5) is 5.69 Å². The summed E-state index contributed by atoms with van der Waals surface area (Å²) in [6.45, 7) is 2.22. The van der Waals surface area contributed by atoms with Crippen LogP contribution in [0.15, 0.2) is 54.7 Å². The first-order valence-electron chi connectivity index (χ1n) is 9.34. The number of nitrogens with one attached hydrogen (secondary N) is 2. The smallest absolute Gasteiger partial charge is 0.0725 e. The molecule has 1 fully saturated rings. The molecular weight excluding hydrogens is 324 g/mol. The number of H-pyrrole nitrogens is 1. The topological polar surface area (TPSA) is 27.8 Å². The number of anilines is 1. The highest BCUT2D eigenvalue weighted by molar-refractivity contribution is 8.00. The molecule has 4 rings (SSSR count). The van der Waals surface area contributed by atoms with E-state index in [2.05, 4.69) is 83.7 Å². The van der Waals surface area contributed by atoms with Crippen LogP contribution in [0.2, 0.25) is 0 Å². The number of benzene rings is 2. The summed E-state index contributed by atoms with van der Waals surface area (Å²) in [4.78, 5) is 3.37. The minimum Gasteiger partial charge on any atom is -0.373 e. The Morgan fingerprint density at radius 2 is 2.04 bits per heavy atom. The third-order valence-electron chi connectivity index (χ3n) is 5.24. The normalized spacial score (nSPS) is 20.7. The first-order valence-corrected chi connectivity index (χ1v) is 10.4. The second-order valence-corrected chi connectivity index (χ2v) is 8.32. The number of rotatable bonds is 5. The molecule has 1 saturated heterocycles. The monoisotopic (exact) mass is 350 g/mol. The van der Waals surface area contributed by atoms with Gasteiger partial charge in [0.25, 0.3) is 0 Å². The second-order valence-electron chi connectivity index (χ2n) is 7.01. The quantitative estimate of drug-likeness (QED) is 0.603. The molecule has 2 unspecified atom stereocenters. The molecular formula is C22H26N2S. The van der Waals surface area contributed by atoms with Gasteiger partial charge < -0.3 is 10.3 Å². The summed E-state index contributed by atoms with van der Waals surface area (Å²) in [5.41, 5.74) is 5.36. The van der Waals surface area contributed by atoms with E-state index in [9.17, 15) is 0 Å². The van der Waals surface area contributed by atoms with Crippen LogP contribution in [0.1, 0.15) is 30.9 Å². The van der Waals surface area contributed by atoms with Gasteiger partial charge >= 0.3 is 0 Å². The molecule has 2 atom stereocenters. The Balaban J connectivity index is 1.43. The third kappa shape index (κ3) is 3.87. The van der Waals surface area contributed by atoms with Crippen molar-refractivity contribution < 1.29 is 0 Å². The maximum absolute atomic E-state index is 3.78. The SMILES string of the molecule is CCc1c[nH]c2ccc(NC3CC(Cc4ccccc4)CCS3)cc12. The van der Waals surface area contributed by atoms with Crippen molar-refractivity contribution in [1.29, 1.82) is 0 Å². The van der Waals surface area contributed by atoms with Crippen LogP contribution in [-0.4, -0.2) is 16.1 Å². The van der Waals surface area contributed by atoms with E-state index in [4.69, 9.17) is 0 Å². The minimum atomic E-state index is 0.518. The van der Waals surface area contributed by atoms with Gasteiger partial charge in [-0.1, -0.05) is 37.3 Å². The molecule has 3 heteroatoms. The molecule has 1 aliphatic heterocycles. The standard InChI is InChI=1S/C22H26N2S/c1-2-18-15-23-21-9-8-19(14-20(18)21)24-22-13-17(10-11-25-22)12-16-6-4-3-5-7-16/h3-9,14-15,17,22-24H,2,10-13H2,1H3.